The summed E-state index contributed by atoms with van der Waals surface area (Å²) >= 11 is 0. The maximum absolute atomic E-state index is 12.1. The summed E-state index contributed by atoms with van der Waals surface area (Å²) in [6.45, 7) is 0.534. The average Bonchev–Trinajstić information content (AvgIpc) is 3.08. The Labute approximate surface area is 151 Å². The van der Waals surface area contributed by atoms with Gasteiger partial charge >= 0.3 is 0 Å². The van der Waals surface area contributed by atoms with Crippen molar-refractivity contribution in [3.63, 3.8) is 0 Å². The van der Waals surface area contributed by atoms with Gasteiger partial charge < -0.3 is 25.4 Å². The standard InChI is InChI=1S/C19H21N3O4/c1-25-14-7-8-16(20)17(11-14)21-18(23)12-26-15-5-2-4-13(10-15)22-9-3-6-19(22)24/h2,4-5,7-8,10-11H,3,6,9,12,20H2,1H3,(H,21,23). The van der Waals surface area contributed by atoms with Crippen LogP contribution in [0.1, 0.15) is 12.8 Å². The molecule has 1 aliphatic heterocycles. The number of carbonyl (C=O) groups excluding carboxylic acids is 2. The third-order valence-electron chi connectivity index (χ3n) is 4.11. The maximum atomic E-state index is 12.1. The first-order valence-corrected chi connectivity index (χ1v) is 8.33. The number of amides is 2. The van der Waals surface area contributed by atoms with Crippen LogP contribution in [0.3, 0.4) is 0 Å². The zero-order valence-electron chi connectivity index (χ0n) is 14.5. The summed E-state index contributed by atoms with van der Waals surface area (Å²) in [7, 11) is 1.54. The highest BCUT2D eigenvalue weighted by molar-refractivity contribution is 5.96. The molecule has 1 heterocycles. The highest BCUT2D eigenvalue weighted by atomic mass is 16.5. The summed E-state index contributed by atoms with van der Waals surface area (Å²) in [5.41, 5.74) is 7.54. The van der Waals surface area contributed by atoms with Crippen LogP contribution in [0.25, 0.3) is 0 Å². The van der Waals surface area contributed by atoms with Crippen molar-refractivity contribution in [3.05, 3.63) is 42.5 Å². The van der Waals surface area contributed by atoms with E-state index in [1.165, 1.54) is 0 Å². The number of rotatable bonds is 6. The molecule has 7 heteroatoms. The number of hydrogen-bond donors (Lipinski definition) is 2. The molecule has 1 saturated heterocycles. The summed E-state index contributed by atoms with van der Waals surface area (Å²) in [6, 6.07) is 12.2. The Kier molecular flexibility index (Phi) is 5.26. The number of anilines is 3. The Morgan fingerprint density at radius 3 is 2.81 bits per heavy atom. The third kappa shape index (κ3) is 4.05. The highest BCUT2D eigenvalue weighted by Gasteiger charge is 2.21. The SMILES string of the molecule is COc1ccc(N)c(NC(=O)COc2cccc(N3CCCC3=O)c2)c1. The first-order valence-electron chi connectivity index (χ1n) is 8.33. The van der Waals surface area contributed by atoms with Crippen molar-refractivity contribution in [2.24, 2.45) is 0 Å². The van der Waals surface area contributed by atoms with Crippen LogP contribution in [0.15, 0.2) is 42.5 Å². The summed E-state index contributed by atoms with van der Waals surface area (Å²) < 4.78 is 10.7. The molecule has 0 radical (unpaired) electrons. The average molecular weight is 355 g/mol. The van der Waals surface area contributed by atoms with Gasteiger partial charge in [-0.1, -0.05) is 6.07 Å². The van der Waals surface area contributed by atoms with Crippen LogP contribution in [0, 0.1) is 0 Å². The lowest BCUT2D eigenvalue weighted by atomic mass is 10.2. The molecule has 2 aromatic carbocycles. The first-order chi connectivity index (χ1) is 12.6. The third-order valence-corrected chi connectivity index (χ3v) is 4.11. The summed E-state index contributed by atoms with van der Waals surface area (Å²) in [5.74, 6) is 0.885. The predicted molar refractivity (Wildman–Crippen MR) is 99.6 cm³/mol. The summed E-state index contributed by atoms with van der Waals surface area (Å²) in [4.78, 5) is 25.7. The maximum Gasteiger partial charge on any atom is 0.262 e. The number of hydrogen-bond acceptors (Lipinski definition) is 5. The van der Waals surface area contributed by atoms with Gasteiger partial charge in [0.05, 0.1) is 18.5 Å². The second-order valence-electron chi connectivity index (χ2n) is 5.94. The lowest BCUT2D eigenvalue weighted by Crippen LogP contribution is -2.24. The number of methoxy groups -OCH3 is 1. The smallest absolute Gasteiger partial charge is 0.262 e. The lowest BCUT2D eigenvalue weighted by molar-refractivity contribution is -0.118. The van der Waals surface area contributed by atoms with Gasteiger partial charge in [0.2, 0.25) is 5.91 Å². The predicted octanol–water partition coefficient (Wildman–Crippen LogP) is 2.42. The first kappa shape index (κ1) is 17.6. The summed E-state index contributed by atoms with van der Waals surface area (Å²) in [5, 5.41) is 2.70. The van der Waals surface area contributed by atoms with E-state index in [1.807, 2.05) is 6.07 Å². The molecule has 3 N–H and O–H groups in total. The fourth-order valence-electron chi connectivity index (χ4n) is 2.77. The largest absolute Gasteiger partial charge is 0.497 e. The molecule has 0 atom stereocenters. The quantitative estimate of drug-likeness (QED) is 0.776. The van der Waals surface area contributed by atoms with Gasteiger partial charge in [-0.25, -0.2) is 0 Å². The van der Waals surface area contributed by atoms with Gasteiger partial charge in [0.25, 0.3) is 5.91 Å². The van der Waals surface area contributed by atoms with E-state index in [9.17, 15) is 9.59 Å². The van der Waals surface area contributed by atoms with Crippen molar-refractivity contribution in [3.8, 4) is 11.5 Å². The van der Waals surface area contributed by atoms with Crippen LogP contribution in [0.4, 0.5) is 17.1 Å². The van der Waals surface area contributed by atoms with Crippen LogP contribution in [-0.4, -0.2) is 32.1 Å². The molecule has 0 bridgehead atoms. The van der Waals surface area contributed by atoms with Gasteiger partial charge in [0.15, 0.2) is 6.61 Å². The van der Waals surface area contributed by atoms with Crippen LogP contribution in [0.2, 0.25) is 0 Å². The molecule has 2 aromatic rings. The number of ether oxygens (including phenoxy) is 2. The normalized spacial score (nSPS) is 13.6. The Balaban J connectivity index is 1.60. The van der Waals surface area contributed by atoms with E-state index in [0.717, 1.165) is 12.1 Å². The second kappa shape index (κ2) is 7.77. The number of nitrogen functional groups attached to an aromatic ring is 1. The second-order valence-corrected chi connectivity index (χ2v) is 5.94. The van der Waals surface area contributed by atoms with Crippen LogP contribution < -0.4 is 25.4 Å². The van der Waals surface area contributed by atoms with Crippen molar-refractivity contribution in [2.75, 3.05) is 36.2 Å². The van der Waals surface area contributed by atoms with Gasteiger partial charge in [0, 0.05) is 30.8 Å². The minimum absolute atomic E-state index is 0.105. The van der Waals surface area contributed by atoms with Gasteiger partial charge in [-0.3, -0.25) is 9.59 Å². The van der Waals surface area contributed by atoms with Gasteiger partial charge in [-0.15, -0.1) is 0 Å². The van der Waals surface area contributed by atoms with E-state index < -0.39 is 0 Å². The number of nitrogens with two attached hydrogens (primary N) is 1. The van der Waals surface area contributed by atoms with Crippen LogP contribution in [0.5, 0.6) is 11.5 Å². The molecule has 0 saturated carbocycles. The Bertz CT molecular complexity index is 822. The monoisotopic (exact) mass is 355 g/mol. The molecule has 1 fully saturated rings. The molecule has 1 aliphatic rings. The van der Waals surface area contributed by atoms with Crippen molar-refractivity contribution in [1.82, 2.24) is 0 Å². The van der Waals surface area contributed by atoms with E-state index in [2.05, 4.69) is 5.32 Å². The number of carbonyl (C=O) groups is 2. The molecule has 136 valence electrons. The van der Waals surface area contributed by atoms with Gasteiger partial charge in [0.1, 0.15) is 11.5 Å². The molecule has 2 amide bonds. The van der Waals surface area contributed by atoms with E-state index in [4.69, 9.17) is 15.2 Å². The molecule has 0 spiro atoms. The lowest BCUT2D eigenvalue weighted by Gasteiger charge is -2.16. The van der Waals surface area contributed by atoms with Gasteiger partial charge in [-0.2, -0.15) is 0 Å². The number of benzene rings is 2. The van der Waals surface area contributed by atoms with Gasteiger partial charge in [-0.05, 0) is 30.7 Å². The minimum Gasteiger partial charge on any atom is -0.497 e. The molecule has 3 rings (SSSR count). The fraction of sp³-hybridized carbons (Fsp3) is 0.263. The van der Waals surface area contributed by atoms with Crippen LogP contribution in [-0.2, 0) is 9.59 Å². The zero-order valence-corrected chi connectivity index (χ0v) is 14.5. The van der Waals surface area contributed by atoms with Crippen molar-refractivity contribution in [2.45, 2.75) is 12.8 Å². The number of nitrogens with one attached hydrogen (secondary N) is 1. The van der Waals surface area contributed by atoms with Crippen molar-refractivity contribution >= 4 is 28.9 Å². The molecule has 0 unspecified atom stereocenters. The van der Waals surface area contributed by atoms with E-state index in [0.29, 0.717) is 35.8 Å². The molecule has 0 aromatic heterocycles. The highest BCUT2D eigenvalue weighted by Crippen LogP contribution is 2.26. The molecular formula is C19H21N3O4. The van der Waals surface area contributed by atoms with Crippen molar-refractivity contribution < 1.29 is 19.1 Å². The minimum atomic E-state index is -0.340. The van der Waals surface area contributed by atoms with E-state index >= 15 is 0 Å². The topological polar surface area (TPSA) is 93.9 Å². The Morgan fingerprint density at radius 1 is 1.23 bits per heavy atom. The molecule has 7 nitrogen and oxygen atoms in total. The fourth-order valence-corrected chi connectivity index (χ4v) is 2.77. The summed E-state index contributed by atoms with van der Waals surface area (Å²) in [6.07, 6.45) is 1.42. The zero-order chi connectivity index (χ0) is 18.5. The van der Waals surface area contributed by atoms with Crippen molar-refractivity contribution in [1.29, 1.82) is 0 Å². The molecule has 26 heavy (non-hydrogen) atoms. The Hall–Kier alpha value is -3.22. The van der Waals surface area contributed by atoms with E-state index in [-0.39, 0.29) is 18.4 Å². The Morgan fingerprint density at radius 2 is 2.08 bits per heavy atom. The van der Waals surface area contributed by atoms with E-state index in [1.54, 1.807) is 48.4 Å². The number of nitrogens with zero attached hydrogens (tertiary/aromatic N) is 1. The van der Waals surface area contributed by atoms with Crippen LogP contribution >= 0.6 is 0 Å². The molecule has 0 aliphatic carbocycles. The molecular weight excluding hydrogens is 334 g/mol.